The van der Waals surface area contributed by atoms with Crippen LogP contribution in [0.4, 0.5) is 5.69 Å². The predicted molar refractivity (Wildman–Crippen MR) is 105 cm³/mol. The van der Waals surface area contributed by atoms with Crippen molar-refractivity contribution in [3.05, 3.63) is 59.1 Å². The molecule has 25 heavy (non-hydrogen) atoms. The molecule has 0 radical (unpaired) electrons. The van der Waals surface area contributed by atoms with Crippen LogP contribution >= 0.6 is 23.8 Å². The fourth-order valence-corrected chi connectivity index (χ4v) is 2.39. The summed E-state index contributed by atoms with van der Waals surface area (Å²) in [6, 6.07) is 14.7. The molecule has 0 atom stereocenters. The number of carbonyl (C=O) groups is 1. The normalized spacial score (nSPS) is 10.2. The number of para-hydroxylation sites is 1. The van der Waals surface area contributed by atoms with Crippen molar-refractivity contribution in [1.82, 2.24) is 10.9 Å². The van der Waals surface area contributed by atoms with Crippen LogP contribution < -0.4 is 20.9 Å². The molecule has 1 amide bonds. The summed E-state index contributed by atoms with van der Waals surface area (Å²) in [7, 11) is 0. The second-order valence-corrected chi connectivity index (χ2v) is 6.46. The Bertz CT molecular complexity index is 735. The summed E-state index contributed by atoms with van der Waals surface area (Å²) >= 11 is 10.9. The third-order valence-electron chi connectivity index (χ3n) is 3.32. The monoisotopic (exact) mass is 377 g/mol. The third-order valence-corrected chi connectivity index (χ3v) is 3.77. The molecule has 0 unspecified atom stereocenters. The Morgan fingerprint density at radius 2 is 1.80 bits per heavy atom. The van der Waals surface area contributed by atoms with Crippen molar-refractivity contribution in [2.75, 3.05) is 11.9 Å². The molecule has 0 heterocycles. The number of halogens is 1. The summed E-state index contributed by atoms with van der Waals surface area (Å²) in [5, 5.41) is 3.83. The lowest BCUT2D eigenvalue weighted by Crippen LogP contribution is -2.45. The SMILES string of the molecule is CC(C)c1ccccc1OCC(=O)NNC(=S)Nc1ccc(Cl)cc1. The molecule has 0 bridgehead atoms. The highest BCUT2D eigenvalue weighted by atomic mass is 35.5. The smallest absolute Gasteiger partial charge is 0.276 e. The maximum absolute atomic E-state index is 11.9. The molecule has 0 fully saturated rings. The van der Waals surface area contributed by atoms with Crippen molar-refractivity contribution in [2.24, 2.45) is 0 Å². The van der Waals surface area contributed by atoms with Gasteiger partial charge in [0.1, 0.15) is 5.75 Å². The zero-order valence-corrected chi connectivity index (χ0v) is 15.6. The van der Waals surface area contributed by atoms with Crippen LogP contribution in [0.5, 0.6) is 5.75 Å². The van der Waals surface area contributed by atoms with Gasteiger partial charge in [0.25, 0.3) is 5.91 Å². The third kappa shape index (κ3) is 6.25. The van der Waals surface area contributed by atoms with E-state index in [-0.39, 0.29) is 17.6 Å². The van der Waals surface area contributed by atoms with Crippen molar-refractivity contribution >= 4 is 40.5 Å². The number of hydrazine groups is 1. The topological polar surface area (TPSA) is 62.4 Å². The van der Waals surface area contributed by atoms with Crippen LogP contribution in [-0.2, 0) is 4.79 Å². The summed E-state index contributed by atoms with van der Waals surface area (Å²) in [5.74, 6) is 0.682. The molecule has 2 aromatic rings. The van der Waals surface area contributed by atoms with Gasteiger partial charge < -0.3 is 10.1 Å². The fourth-order valence-electron chi connectivity index (χ4n) is 2.09. The first-order chi connectivity index (χ1) is 12.0. The first-order valence-corrected chi connectivity index (χ1v) is 8.57. The van der Waals surface area contributed by atoms with Gasteiger partial charge in [-0.1, -0.05) is 43.6 Å². The molecular weight excluding hydrogens is 358 g/mol. The molecule has 2 rings (SSSR count). The van der Waals surface area contributed by atoms with Crippen molar-refractivity contribution in [3.63, 3.8) is 0 Å². The van der Waals surface area contributed by atoms with E-state index >= 15 is 0 Å². The first-order valence-electron chi connectivity index (χ1n) is 7.79. The summed E-state index contributed by atoms with van der Waals surface area (Å²) in [4.78, 5) is 11.9. The van der Waals surface area contributed by atoms with Crippen LogP contribution in [0.1, 0.15) is 25.3 Å². The largest absolute Gasteiger partial charge is 0.483 e. The van der Waals surface area contributed by atoms with E-state index in [1.807, 2.05) is 24.3 Å². The Morgan fingerprint density at radius 1 is 1.12 bits per heavy atom. The van der Waals surface area contributed by atoms with Gasteiger partial charge in [0, 0.05) is 10.7 Å². The summed E-state index contributed by atoms with van der Waals surface area (Å²) in [6.45, 7) is 4.04. The molecule has 0 aromatic heterocycles. The summed E-state index contributed by atoms with van der Waals surface area (Å²) in [5.41, 5.74) is 6.94. The highest BCUT2D eigenvalue weighted by Gasteiger charge is 2.09. The number of nitrogens with one attached hydrogen (secondary N) is 3. The molecule has 2 aromatic carbocycles. The van der Waals surface area contributed by atoms with Crippen molar-refractivity contribution in [2.45, 2.75) is 19.8 Å². The van der Waals surface area contributed by atoms with E-state index in [9.17, 15) is 4.79 Å². The maximum atomic E-state index is 11.9. The number of amides is 1. The van der Waals surface area contributed by atoms with E-state index in [4.69, 9.17) is 28.6 Å². The number of hydrogen-bond donors (Lipinski definition) is 3. The minimum Gasteiger partial charge on any atom is -0.483 e. The molecule has 0 aliphatic rings. The van der Waals surface area contributed by atoms with Crippen LogP contribution in [0.15, 0.2) is 48.5 Å². The fraction of sp³-hybridized carbons (Fsp3) is 0.222. The standard InChI is InChI=1S/C18H20ClN3O2S/c1-12(2)15-5-3-4-6-16(15)24-11-17(23)21-22-18(25)20-14-9-7-13(19)8-10-14/h3-10,12H,11H2,1-2H3,(H,21,23)(H2,20,22,25). The molecular formula is C18H20ClN3O2S. The zero-order chi connectivity index (χ0) is 18.2. The van der Waals surface area contributed by atoms with Gasteiger partial charge in [-0.2, -0.15) is 0 Å². The molecule has 7 heteroatoms. The lowest BCUT2D eigenvalue weighted by molar-refractivity contribution is -0.123. The number of hydrogen-bond acceptors (Lipinski definition) is 3. The van der Waals surface area contributed by atoms with Gasteiger partial charge >= 0.3 is 0 Å². The Labute approximate surface area is 157 Å². The second-order valence-electron chi connectivity index (χ2n) is 5.62. The van der Waals surface area contributed by atoms with E-state index in [1.165, 1.54) is 0 Å². The first kappa shape index (κ1) is 19.0. The van der Waals surface area contributed by atoms with Crippen LogP contribution in [-0.4, -0.2) is 17.6 Å². The van der Waals surface area contributed by atoms with Gasteiger partial charge in [-0.3, -0.25) is 15.6 Å². The molecule has 0 aliphatic carbocycles. The van der Waals surface area contributed by atoms with E-state index in [0.717, 1.165) is 11.3 Å². The minimum absolute atomic E-state index is 0.111. The maximum Gasteiger partial charge on any atom is 0.276 e. The number of benzene rings is 2. The molecule has 3 N–H and O–H groups in total. The number of rotatable bonds is 5. The van der Waals surface area contributed by atoms with Crippen LogP contribution in [0, 0.1) is 0 Å². The minimum atomic E-state index is -0.334. The number of ether oxygens (including phenoxy) is 1. The number of anilines is 1. The quantitative estimate of drug-likeness (QED) is 0.545. The number of carbonyl (C=O) groups excluding carboxylic acids is 1. The summed E-state index contributed by atoms with van der Waals surface area (Å²) < 4.78 is 5.59. The van der Waals surface area contributed by atoms with Gasteiger partial charge in [-0.05, 0) is 54.0 Å². The zero-order valence-electron chi connectivity index (χ0n) is 14.0. The highest BCUT2D eigenvalue weighted by molar-refractivity contribution is 7.80. The van der Waals surface area contributed by atoms with Gasteiger partial charge in [0.15, 0.2) is 11.7 Å². The van der Waals surface area contributed by atoms with Gasteiger partial charge in [0.2, 0.25) is 0 Å². The Hall–Kier alpha value is -2.31. The van der Waals surface area contributed by atoms with Gasteiger partial charge in [0.05, 0.1) is 0 Å². The molecule has 0 saturated heterocycles. The van der Waals surface area contributed by atoms with Crippen molar-refractivity contribution < 1.29 is 9.53 Å². The molecule has 132 valence electrons. The second kappa shape index (κ2) is 9.25. The molecule has 0 spiro atoms. The van der Waals surface area contributed by atoms with Gasteiger partial charge in [-0.15, -0.1) is 0 Å². The average Bonchev–Trinajstić information content (AvgIpc) is 2.60. The van der Waals surface area contributed by atoms with Crippen LogP contribution in [0.25, 0.3) is 0 Å². The average molecular weight is 378 g/mol. The van der Waals surface area contributed by atoms with Crippen LogP contribution in [0.3, 0.4) is 0 Å². The Morgan fingerprint density at radius 3 is 2.48 bits per heavy atom. The van der Waals surface area contributed by atoms with E-state index in [0.29, 0.717) is 16.7 Å². The lowest BCUT2D eigenvalue weighted by atomic mass is 10.0. The Balaban J connectivity index is 1.77. The lowest BCUT2D eigenvalue weighted by Gasteiger charge is -2.15. The molecule has 0 saturated carbocycles. The van der Waals surface area contributed by atoms with Crippen LogP contribution in [0.2, 0.25) is 5.02 Å². The van der Waals surface area contributed by atoms with Gasteiger partial charge in [-0.25, -0.2) is 0 Å². The van der Waals surface area contributed by atoms with E-state index in [2.05, 4.69) is 30.0 Å². The van der Waals surface area contributed by atoms with Crippen molar-refractivity contribution in [3.8, 4) is 5.75 Å². The molecule has 0 aliphatic heterocycles. The van der Waals surface area contributed by atoms with Crippen molar-refractivity contribution in [1.29, 1.82) is 0 Å². The van der Waals surface area contributed by atoms with E-state index in [1.54, 1.807) is 24.3 Å². The number of thiocarbonyl (C=S) groups is 1. The summed E-state index contributed by atoms with van der Waals surface area (Å²) in [6.07, 6.45) is 0. The molecule has 5 nitrogen and oxygen atoms in total. The Kier molecular flexibility index (Phi) is 7.03. The predicted octanol–water partition coefficient (Wildman–Crippen LogP) is 3.86. The highest BCUT2D eigenvalue weighted by Crippen LogP contribution is 2.25. The van der Waals surface area contributed by atoms with E-state index < -0.39 is 0 Å².